The lowest BCUT2D eigenvalue weighted by molar-refractivity contribution is -0.0786. The molecular weight excluding hydrogens is 246 g/mol. The standard InChI is InChI=1S/C18H33NO/c1-6-19-16(15-12-9-7-8-10-13(12)15)14-11-17(2,3)20-18(14,4)5/h12-16,19H,6-11H2,1-5H3. The average molecular weight is 279 g/mol. The van der Waals surface area contributed by atoms with Gasteiger partial charge in [-0.05, 0) is 71.3 Å². The van der Waals surface area contributed by atoms with Crippen molar-refractivity contribution >= 4 is 0 Å². The Morgan fingerprint density at radius 1 is 1.10 bits per heavy atom. The summed E-state index contributed by atoms with van der Waals surface area (Å²) >= 11 is 0. The van der Waals surface area contributed by atoms with Gasteiger partial charge >= 0.3 is 0 Å². The van der Waals surface area contributed by atoms with E-state index in [9.17, 15) is 0 Å². The number of hydrogen-bond acceptors (Lipinski definition) is 2. The molecule has 2 nitrogen and oxygen atoms in total. The molecule has 3 fully saturated rings. The SMILES string of the molecule is CCNC(C1C2CCCCC21)C1CC(C)(C)OC1(C)C. The molecule has 1 saturated heterocycles. The van der Waals surface area contributed by atoms with Gasteiger partial charge in [-0.3, -0.25) is 0 Å². The van der Waals surface area contributed by atoms with Crippen LogP contribution < -0.4 is 5.32 Å². The third kappa shape index (κ3) is 2.54. The third-order valence-electron chi connectivity index (χ3n) is 6.15. The molecule has 0 aromatic heterocycles. The van der Waals surface area contributed by atoms with Crippen LogP contribution in [0.25, 0.3) is 0 Å². The van der Waals surface area contributed by atoms with Crippen molar-refractivity contribution in [2.45, 2.75) is 84.0 Å². The fourth-order valence-corrected chi connectivity index (χ4v) is 5.53. The molecule has 0 aromatic rings. The van der Waals surface area contributed by atoms with E-state index in [-0.39, 0.29) is 11.2 Å². The van der Waals surface area contributed by atoms with E-state index >= 15 is 0 Å². The van der Waals surface area contributed by atoms with Crippen molar-refractivity contribution in [2.24, 2.45) is 23.7 Å². The van der Waals surface area contributed by atoms with Gasteiger partial charge in [0.25, 0.3) is 0 Å². The van der Waals surface area contributed by atoms with Crippen molar-refractivity contribution in [3.05, 3.63) is 0 Å². The van der Waals surface area contributed by atoms with E-state index in [4.69, 9.17) is 4.74 Å². The Morgan fingerprint density at radius 2 is 1.70 bits per heavy atom. The molecule has 116 valence electrons. The number of hydrogen-bond donors (Lipinski definition) is 1. The summed E-state index contributed by atoms with van der Waals surface area (Å²) in [5, 5.41) is 3.86. The molecule has 1 heterocycles. The Bertz CT molecular complexity index is 350. The van der Waals surface area contributed by atoms with Gasteiger partial charge in [0.2, 0.25) is 0 Å². The maximum absolute atomic E-state index is 6.37. The van der Waals surface area contributed by atoms with Gasteiger partial charge in [-0.1, -0.05) is 19.8 Å². The molecule has 4 unspecified atom stereocenters. The van der Waals surface area contributed by atoms with Crippen molar-refractivity contribution in [1.29, 1.82) is 0 Å². The number of ether oxygens (including phenoxy) is 1. The summed E-state index contributed by atoms with van der Waals surface area (Å²) in [4.78, 5) is 0. The van der Waals surface area contributed by atoms with Crippen molar-refractivity contribution in [3.63, 3.8) is 0 Å². The van der Waals surface area contributed by atoms with E-state index in [1.807, 2.05) is 0 Å². The normalized spacial score (nSPS) is 43.0. The highest BCUT2D eigenvalue weighted by atomic mass is 16.5. The predicted octanol–water partition coefficient (Wildman–Crippen LogP) is 3.99. The zero-order valence-electron chi connectivity index (χ0n) is 14.0. The zero-order valence-corrected chi connectivity index (χ0v) is 14.0. The first-order valence-electron chi connectivity index (χ1n) is 8.79. The van der Waals surface area contributed by atoms with Crippen LogP contribution in [0.3, 0.4) is 0 Å². The smallest absolute Gasteiger partial charge is 0.0677 e. The molecule has 1 aliphatic heterocycles. The summed E-state index contributed by atoms with van der Waals surface area (Å²) in [5.74, 6) is 3.63. The number of nitrogens with one attached hydrogen (secondary N) is 1. The fourth-order valence-electron chi connectivity index (χ4n) is 5.53. The monoisotopic (exact) mass is 279 g/mol. The molecule has 3 rings (SSSR count). The van der Waals surface area contributed by atoms with Crippen LogP contribution in [-0.4, -0.2) is 23.8 Å². The summed E-state index contributed by atoms with van der Waals surface area (Å²) in [6.07, 6.45) is 7.09. The van der Waals surface area contributed by atoms with E-state index in [0.717, 1.165) is 24.3 Å². The number of rotatable bonds is 4. The second-order valence-corrected chi connectivity index (χ2v) is 8.55. The quantitative estimate of drug-likeness (QED) is 0.840. The zero-order chi connectivity index (χ0) is 14.5. The molecule has 0 amide bonds. The van der Waals surface area contributed by atoms with Gasteiger partial charge in [0.05, 0.1) is 11.2 Å². The minimum atomic E-state index is 0.0160. The van der Waals surface area contributed by atoms with Gasteiger partial charge in [-0.15, -0.1) is 0 Å². The molecule has 20 heavy (non-hydrogen) atoms. The van der Waals surface area contributed by atoms with Crippen molar-refractivity contribution in [3.8, 4) is 0 Å². The first kappa shape index (κ1) is 14.8. The highest BCUT2D eigenvalue weighted by Crippen LogP contribution is 2.60. The Labute approximate surface area is 125 Å². The van der Waals surface area contributed by atoms with Gasteiger partial charge in [0.1, 0.15) is 0 Å². The first-order chi connectivity index (χ1) is 9.36. The molecule has 0 aromatic carbocycles. The van der Waals surface area contributed by atoms with Gasteiger partial charge in [0, 0.05) is 12.0 Å². The summed E-state index contributed by atoms with van der Waals surface area (Å²) in [5.41, 5.74) is 0.0595. The molecule has 2 heteroatoms. The van der Waals surface area contributed by atoms with Crippen molar-refractivity contribution in [1.82, 2.24) is 5.32 Å². The minimum Gasteiger partial charge on any atom is -0.369 e. The van der Waals surface area contributed by atoms with Crippen molar-refractivity contribution in [2.75, 3.05) is 6.54 Å². The van der Waals surface area contributed by atoms with Gasteiger partial charge in [-0.2, -0.15) is 0 Å². The summed E-state index contributed by atoms with van der Waals surface area (Å²) in [6, 6.07) is 0.671. The first-order valence-corrected chi connectivity index (χ1v) is 8.79. The molecule has 4 atom stereocenters. The van der Waals surface area contributed by atoms with Crippen LogP contribution in [0.2, 0.25) is 0 Å². The maximum atomic E-state index is 6.37. The average Bonchev–Trinajstić information content (AvgIpc) is 3.00. The Hall–Kier alpha value is -0.0800. The molecule has 2 saturated carbocycles. The molecule has 0 bridgehead atoms. The van der Waals surface area contributed by atoms with Crippen LogP contribution in [0.5, 0.6) is 0 Å². The van der Waals surface area contributed by atoms with Crippen LogP contribution in [-0.2, 0) is 4.74 Å². The van der Waals surface area contributed by atoms with Crippen LogP contribution >= 0.6 is 0 Å². The lowest BCUT2D eigenvalue weighted by Gasteiger charge is -2.34. The van der Waals surface area contributed by atoms with E-state index in [1.54, 1.807) is 0 Å². The second-order valence-electron chi connectivity index (χ2n) is 8.55. The Kier molecular flexibility index (Phi) is 3.70. The predicted molar refractivity (Wildman–Crippen MR) is 83.8 cm³/mol. The van der Waals surface area contributed by atoms with Gasteiger partial charge < -0.3 is 10.1 Å². The molecular formula is C18H33NO. The maximum Gasteiger partial charge on any atom is 0.0677 e. The lowest BCUT2D eigenvalue weighted by Crippen LogP contribution is -2.46. The largest absolute Gasteiger partial charge is 0.369 e. The molecule has 0 radical (unpaired) electrons. The molecule has 1 N–H and O–H groups in total. The van der Waals surface area contributed by atoms with Gasteiger partial charge in [-0.25, -0.2) is 0 Å². The summed E-state index contributed by atoms with van der Waals surface area (Å²) < 4.78 is 6.37. The Morgan fingerprint density at radius 3 is 2.15 bits per heavy atom. The lowest BCUT2D eigenvalue weighted by atomic mass is 9.79. The summed E-state index contributed by atoms with van der Waals surface area (Å²) in [7, 11) is 0. The van der Waals surface area contributed by atoms with Crippen LogP contribution in [0.4, 0.5) is 0 Å². The van der Waals surface area contributed by atoms with E-state index in [1.165, 1.54) is 32.1 Å². The summed E-state index contributed by atoms with van der Waals surface area (Å²) in [6.45, 7) is 12.5. The van der Waals surface area contributed by atoms with E-state index in [2.05, 4.69) is 39.9 Å². The minimum absolute atomic E-state index is 0.0160. The molecule has 2 aliphatic carbocycles. The highest BCUT2D eigenvalue weighted by molar-refractivity contribution is 5.10. The number of fused-ring (bicyclic) bond motifs is 1. The molecule has 0 spiro atoms. The van der Waals surface area contributed by atoms with Crippen molar-refractivity contribution < 1.29 is 4.74 Å². The highest BCUT2D eigenvalue weighted by Gasteiger charge is 2.59. The second kappa shape index (κ2) is 4.98. The third-order valence-corrected chi connectivity index (χ3v) is 6.15. The van der Waals surface area contributed by atoms with Crippen LogP contribution in [0.15, 0.2) is 0 Å². The van der Waals surface area contributed by atoms with Crippen LogP contribution in [0.1, 0.15) is 66.7 Å². The topological polar surface area (TPSA) is 21.3 Å². The van der Waals surface area contributed by atoms with Crippen LogP contribution in [0, 0.1) is 23.7 Å². The van der Waals surface area contributed by atoms with E-state index < -0.39 is 0 Å². The molecule has 3 aliphatic rings. The fraction of sp³-hybridized carbons (Fsp3) is 1.00. The Balaban J connectivity index is 1.77. The van der Waals surface area contributed by atoms with E-state index in [0.29, 0.717) is 12.0 Å². The van der Waals surface area contributed by atoms with Gasteiger partial charge in [0.15, 0.2) is 0 Å².